The lowest BCUT2D eigenvalue weighted by Crippen LogP contribution is -2.36. The maximum Gasteiger partial charge on any atom is 0.253 e. The van der Waals surface area contributed by atoms with E-state index in [0.717, 1.165) is 51.8 Å². The van der Waals surface area contributed by atoms with Crippen molar-refractivity contribution >= 4 is 17.2 Å². The van der Waals surface area contributed by atoms with Gasteiger partial charge in [-0.15, -0.1) is 11.3 Å². The Morgan fingerprint density at radius 2 is 1.94 bits per heavy atom. The summed E-state index contributed by atoms with van der Waals surface area (Å²) < 4.78 is 12.7. The second-order valence-electron chi connectivity index (χ2n) is 8.25. The molecule has 1 aliphatic rings. The van der Waals surface area contributed by atoms with Gasteiger partial charge in [0, 0.05) is 36.3 Å². The van der Waals surface area contributed by atoms with Gasteiger partial charge in [-0.2, -0.15) is 0 Å². The molecule has 7 heteroatoms. The third-order valence-corrected chi connectivity index (χ3v) is 7.07. The molecule has 4 rings (SSSR count). The molecule has 2 heterocycles. The van der Waals surface area contributed by atoms with Gasteiger partial charge < -0.3 is 19.4 Å². The summed E-state index contributed by atoms with van der Waals surface area (Å²) in [6.07, 6.45) is 5.79. The molecule has 0 spiro atoms. The monoisotopic (exact) mass is 453 g/mol. The first-order chi connectivity index (χ1) is 15.6. The van der Waals surface area contributed by atoms with Crippen molar-refractivity contribution in [3.8, 4) is 27.7 Å². The minimum atomic E-state index is 0.0115. The number of hydrogen-bond donors (Lipinski definition) is 1. The summed E-state index contributed by atoms with van der Waals surface area (Å²) in [7, 11) is 3.36. The Morgan fingerprint density at radius 3 is 2.62 bits per heavy atom. The first kappa shape index (κ1) is 22.6. The summed E-state index contributed by atoms with van der Waals surface area (Å²) in [5, 5.41) is 6.25. The third kappa shape index (κ3) is 4.89. The topological polar surface area (TPSA) is 65.4 Å². The van der Waals surface area contributed by atoms with Crippen LogP contribution < -0.4 is 10.1 Å². The number of carbonyl (C=O) groups is 1. The lowest BCUT2D eigenvalue weighted by Gasteiger charge is -2.22. The maximum absolute atomic E-state index is 13.1. The van der Waals surface area contributed by atoms with E-state index >= 15 is 0 Å². The number of methoxy groups -OCH3 is 2. The van der Waals surface area contributed by atoms with Gasteiger partial charge >= 0.3 is 0 Å². The van der Waals surface area contributed by atoms with Crippen molar-refractivity contribution in [1.82, 2.24) is 14.9 Å². The Labute approximate surface area is 193 Å². The normalized spacial score (nSPS) is 14.5. The number of nitrogens with zero attached hydrogens (tertiary/aromatic N) is 2. The van der Waals surface area contributed by atoms with Crippen molar-refractivity contribution < 1.29 is 14.3 Å². The maximum atomic E-state index is 13.1. The predicted molar refractivity (Wildman–Crippen MR) is 128 cm³/mol. The number of thiazole rings is 1. The van der Waals surface area contributed by atoms with Crippen LogP contribution in [0.3, 0.4) is 0 Å². The number of hydrogen-bond acceptors (Lipinski definition) is 5. The van der Waals surface area contributed by atoms with Crippen LogP contribution in [0.1, 0.15) is 48.2 Å². The zero-order chi connectivity index (χ0) is 22.5. The fourth-order valence-corrected chi connectivity index (χ4v) is 5.15. The van der Waals surface area contributed by atoms with E-state index in [0.29, 0.717) is 13.2 Å². The molecule has 0 radical (unpaired) electrons. The lowest BCUT2D eigenvalue weighted by molar-refractivity contribution is 0.0927. The quantitative estimate of drug-likeness (QED) is 0.502. The number of aromatic nitrogens is 2. The van der Waals surface area contributed by atoms with Gasteiger partial charge in [0.2, 0.25) is 0 Å². The molecule has 2 aromatic heterocycles. The fourth-order valence-electron chi connectivity index (χ4n) is 4.33. The van der Waals surface area contributed by atoms with E-state index in [2.05, 4.69) is 15.3 Å². The molecule has 0 atom stereocenters. The van der Waals surface area contributed by atoms with Crippen LogP contribution in [0.2, 0.25) is 0 Å². The first-order valence-electron chi connectivity index (χ1n) is 11.2. The highest BCUT2D eigenvalue weighted by atomic mass is 32.1. The van der Waals surface area contributed by atoms with Crippen LogP contribution in [-0.4, -0.2) is 42.3 Å². The Morgan fingerprint density at radius 1 is 1.19 bits per heavy atom. The minimum absolute atomic E-state index is 0.0115. The van der Waals surface area contributed by atoms with E-state index in [1.807, 2.05) is 37.3 Å². The van der Waals surface area contributed by atoms with Gasteiger partial charge in [-0.05, 0) is 50.1 Å². The summed E-state index contributed by atoms with van der Waals surface area (Å²) in [5.41, 5.74) is 4.54. The molecule has 1 fully saturated rings. The highest BCUT2D eigenvalue weighted by Gasteiger charge is 2.23. The Hall–Kier alpha value is -2.64. The van der Waals surface area contributed by atoms with Crippen LogP contribution in [0.5, 0.6) is 5.75 Å². The average molecular weight is 454 g/mol. The Balaban J connectivity index is 1.62. The van der Waals surface area contributed by atoms with Crippen LogP contribution >= 0.6 is 11.3 Å². The molecular weight excluding hydrogens is 422 g/mol. The van der Waals surface area contributed by atoms with Crippen LogP contribution in [0.15, 0.2) is 35.7 Å². The molecule has 0 aliphatic heterocycles. The van der Waals surface area contributed by atoms with E-state index in [1.165, 1.54) is 19.3 Å². The zero-order valence-electron chi connectivity index (χ0n) is 19.0. The summed E-state index contributed by atoms with van der Waals surface area (Å²) in [6.45, 7) is 3.25. The molecule has 3 aromatic rings. The number of carbonyl (C=O) groups excluding carboxylic acids is 1. The van der Waals surface area contributed by atoms with Gasteiger partial charge in [-0.3, -0.25) is 4.79 Å². The molecule has 170 valence electrons. The van der Waals surface area contributed by atoms with Crippen LogP contribution in [0.4, 0.5) is 0 Å². The summed E-state index contributed by atoms with van der Waals surface area (Å²) in [4.78, 5) is 18.0. The summed E-state index contributed by atoms with van der Waals surface area (Å²) in [6, 6.07) is 10.2. The number of rotatable bonds is 8. The van der Waals surface area contributed by atoms with Gasteiger partial charge in [0.1, 0.15) is 10.8 Å². The van der Waals surface area contributed by atoms with Gasteiger partial charge in [-0.1, -0.05) is 19.3 Å². The molecule has 0 bridgehead atoms. The largest absolute Gasteiger partial charge is 0.497 e. The number of amides is 1. The minimum Gasteiger partial charge on any atom is -0.497 e. The number of ether oxygens (including phenoxy) is 2. The molecular formula is C25H31N3O3S. The molecule has 0 saturated heterocycles. The van der Waals surface area contributed by atoms with Gasteiger partial charge in [0.05, 0.1) is 30.7 Å². The van der Waals surface area contributed by atoms with Gasteiger partial charge in [-0.25, -0.2) is 4.98 Å². The SMILES string of the molecule is COCCn1c(-c2csc(-c3ccc(OC)cc3)n2)cc(C(=O)NC2CCCCC2)c1C. The van der Waals surface area contributed by atoms with E-state index in [4.69, 9.17) is 14.5 Å². The van der Waals surface area contributed by atoms with E-state index in [1.54, 1.807) is 25.6 Å². The highest BCUT2D eigenvalue weighted by Crippen LogP contribution is 2.32. The molecule has 0 unspecified atom stereocenters. The second kappa shape index (κ2) is 10.3. The smallest absolute Gasteiger partial charge is 0.253 e. The van der Waals surface area contributed by atoms with Crippen molar-refractivity contribution in [1.29, 1.82) is 0 Å². The molecule has 6 nitrogen and oxygen atoms in total. The van der Waals surface area contributed by atoms with Crippen molar-refractivity contribution in [2.45, 2.75) is 51.6 Å². The molecule has 1 amide bonds. The predicted octanol–water partition coefficient (Wildman–Crippen LogP) is 5.30. The second-order valence-corrected chi connectivity index (χ2v) is 9.11. The summed E-state index contributed by atoms with van der Waals surface area (Å²) >= 11 is 1.60. The van der Waals surface area contributed by atoms with Crippen molar-refractivity contribution in [3.05, 3.63) is 47.0 Å². The molecule has 1 aromatic carbocycles. The lowest BCUT2D eigenvalue weighted by atomic mass is 9.95. The number of benzene rings is 1. The fraction of sp³-hybridized carbons (Fsp3) is 0.440. The first-order valence-corrected chi connectivity index (χ1v) is 12.1. The molecule has 1 N–H and O–H groups in total. The number of nitrogens with one attached hydrogen (secondary N) is 1. The van der Waals surface area contributed by atoms with E-state index in [-0.39, 0.29) is 11.9 Å². The van der Waals surface area contributed by atoms with Crippen LogP contribution in [0.25, 0.3) is 22.0 Å². The third-order valence-electron chi connectivity index (χ3n) is 6.17. The Kier molecular flexibility index (Phi) is 7.27. The van der Waals surface area contributed by atoms with E-state index in [9.17, 15) is 4.79 Å². The van der Waals surface area contributed by atoms with Crippen molar-refractivity contribution in [3.63, 3.8) is 0 Å². The Bertz CT molecular complexity index is 1050. The van der Waals surface area contributed by atoms with Crippen molar-refractivity contribution in [2.75, 3.05) is 20.8 Å². The average Bonchev–Trinajstić information content (AvgIpc) is 3.43. The zero-order valence-corrected chi connectivity index (χ0v) is 19.8. The van der Waals surface area contributed by atoms with E-state index < -0.39 is 0 Å². The highest BCUT2D eigenvalue weighted by molar-refractivity contribution is 7.13. The molecule has 1 saturated carbocycles. The van der Waals surface area contributed by atoms with Gasteiger partial charge in [0.25, 0.3) is 5.91 Å². The van der Waals surface area contributed by atoms with Crippen LogP contribution in [-0.2, 0) is 11.3 Å². The summed E-state index contributed by atoms with van der Waals surface area (Å²) in [5.74, 6) is 0.834. The standard InChI is InChI=1S/C25H31N3O3S/c1-17-21(24(29)26-19-7-5-4-6-8-19)15-23(28(17)13-14-30-2)22-16-32-25(27-22)18-9-11-20(31-3)12-10-18/h9-12,15-16,19H,4-8,13-14H2,1-3H3,(H,26,29). The van der Waals surface area contributed by atoms with Crippen LogP contribution in [0, 0.1) is 6.92 Å². The van der Waals surface area contributed by atoms with Crippen molar-refractivity contribution in [2.24, 2.45) is 0 Å². The van der Waals surface area contributed by atoms with Gasteiger partial charge in [0.15, 0.2) is 0 Å². The molecule has 32 heavy (non-hydrogen) atoms. The molecule has 1 aliphatic carbocycles.